The number of fused-ring (bicyclic) bond motifs is 1. The minimum Gasteiger partial charge on any atom is -0.493 e. The molecule has 0 aliphatic rings. The Kier molecular flexibility index (Phi) is 5.48. The number of hydrogen-bond donors (Lipinski definition) is 1. The fourth-order valence-electron chi connectivity index (χ4n) is 3.10. The molecule has 1 N–H and O–H groups in total. The molecule has 0 amide bonds. The molecule has 0 radical (unpaired) electrons. The van der Waals surface area contributed by atoms with Crippen LogP contribution in [0.3, 0.4) is 0 Å². The lowest BCUT2D eigenvalue weighted by atomic mass is 10.1. The molecule has 0 saturated carbocycles. The van der Waals surface area contributed by atoms with E-state index in [0.29, 0.717) is 29.0 Å². The zero-order valence-corrected chi connectivity index (χ0v) is 17.0. The number of imidazole rings is 1. The molecule has 0 unspecified atom stereocenters. The number of ether oxygens (including phenoxy) is 2. The van der Waals surface area contributed by atoms with E-state index in [0.717, 1.165) is 5.56 Å². The summed E-state index contributed by atoms with van der Waals surface area (Å²) in [4.78, 5) is 12.1. The van der Waals surface area contributed by atoms with Gasteiger partial charge >= 0.3 is 5.69 Å². The predicted octanol–water partition coefficient (Wildman–Crippen LogP) is 1.42. The number of sulfonamides is 1. The summed E-state index contributed by atoms with van der Waals surface area (Å²) in [6, 6.07) is 10.1. The molecular formula is C19H23N3O5S. The third-order valence-electron chi connectivity index (χ3n) is 4.71. The van der Waals surface area contributed by atoms with Crippen molar-refractivity contribution in [3.8, 4) is 11.5 Å². The standard InChI is InChI=1S/C19H23N3O5S/c1-21-15-7-6-14(12-16(15)22(2)19(21)23)28(24,25)20-10-9-13-5-8-17(26-3)18(11-13)27-4/h5-8,11-12,20H,9-10H2,1-4H3. The number of hydrogen-bond acceptors (Lipinski definition) is 5. The molecule has 0 spiro atoms. The summed E-state index contributed by atoms with van der Waals surface area (Å²) < 4.78 is 41.3. The summed E-state index contributed by atoms with van der Waals surface area (Å²) in [6.07, 6.45) is 0.492. The Morgan fingerprint density at radius 1 is 0.929 bits per heavy atom. The molecule has 8 nitrogen and oxygen atoms in total. The van der Waals surface area contributed by atoms with Crippen LogP contribution in [0.2, 0.25) is 0 Å². The average Bonchev–Trinajstić information content (AvgIpc) is 2.91. The number of benzene rings is 2. The molecule has 150 valence electrons. The summed E-state index contributed by atoms with van der Waals surface area (Å²) >= 11 is 0. The van der Waals surface area contributed by atoms with Crippen molar-refractivity contribution in [1.29, 1.82) is 0 Å². The second-order valence-corrected chi connectivity index (χ2v) is 8.16. The molecule has 0 aliphatic carbocycles. The lowest BCUT2D eigenvalue weighted by molar-refractivity contribution is 0.354. The van der Waals surface area contributed by atoms with Gasteiger partial charge in [-0.3, -0.25) is 9.13 Å². The maximum Gasteiger partial charge on any atom is 0.328 e. The van der Waals surface area contributed by atoms with Gasteiger partial charge in [-0.25, -0.2) is 17.9 Å². The number of nitrogens with zero attached hydrogens (tertiary/aromatic N) is 2. The molecule has 0 saturated heterocycles. The molecular weight excluding hydrogens is 382 g/mol. The van der Waals surface area contributed by atoms with Crippen molar-refractivity contribution in [3.05, 3.63) is 52.4 Å². The van der Waals surface area contributed by atoms with E-state index >= 15 is 0 Å². The SMILES string of the molecule is COc1ccc(CCNS(=O)(=O)c2ccc3c(c2)n(C)c(=O)n3C)cc1OC. The van der Waals surface area contributed by atoms with Gasteiger partial charge in [0.15, 0.2) is 11.5 Å². The average molecular weight is 405 g/mol. The lowest BCUT2D eigenvalue weighted by Gasteiger charge is -2.10. The Labute approximate surface area is 163 Å². The van der Waals surface area contributed by atoms with E-state index in [1.165, 1.54) is 21.3 Å². The van der Waals surface area contributed by atoms with Crippen molar-refractivity contribution >= 4 is 21.1 Å². The minimum absolute atomic E-state index is 0.119. The van der Waals surface area contributed by atoms with Gasteiger partial charge in [-0.2, -0.15) is 0 Å². The first-order valence-corrected chi connectivity index (χ1v) is 10.1. The van der Waals surface area contributed by atoms with Crippen molar-refractivity contribution in [2.24, 2.45) is 14.1 Å². The van der Waals surface area contributed by atoms with E-state index < -0.39 is 10.0 Å². The molecule has 9 heteroatoms. The highest BCUT2D eigenvalue weighted by Crippen LogP contribution is 2.27. The maximum absolute atomic E-state index is 12.6. The second-order valence-electron chi connectivity index (χ2n) is 6.39. The highest BCUT2D eigenvalue weighted by molar-refractivity contribution is 7.89. The Balaban J connectivity index is 1.76. The van der Waals surface area contributed by atoms with Crippen molar-refractivity contribution in [3.63, 3.8) is 0 Å². The first-order valence-electron chi connectivity index (χ1n) is 8.64. The summed E-state index contributed by atoms with van der Waals surface area (Å²) in [5.74, 6) is 1.21. The van der Waals surface area contributed by atoms with Gasteiger partial charge in [-0.05, 0) is 42.3 Å². The summed E-state index contributed by atoms with van der Waals surface area (Å²) in [7, 11) is 2.68. The highest BCUT2D eigenvalue weighted by Gasteiger charge is 2.17. The van der Waals surface area contributed by atoms with Gasteiger partial charge in [0.1, 0.15) is 0 Å². The van der Waals surface area contributed by atoms with Gasteiger partial charge in [0.05, 0.1) is 30.1 Å². The van der Waals surface area contributed by atoms with E-state index in [-0.39, 0.29) is 17.1 Å². The first kappa shape index (κ1) is 20.0. The highest BCUT2D eigenvalue weighted by atomic mass is 32.2. The van der Waals surface area contributed by atoms with Crippen LogP contribution >= 0.6 is 0 Å². The van der Waals surface area contributed by atoms with E-state index in [1.54, 1.807) is 40.4 Å². The monoisotopic (exact) mass is 405 g/mol. The maximum atomic E-state index is 12.6. The molecule has 0 fully saturated rings. The summed E-state index contributed by atoms with van der Waals surface area (Å²) in [5.41, 5.74) is 1.96. The lowest BCUT2D eigenvalue weighted by Crippen LogP contribution is -2.26. The fourth-order valence-corrected chi connectivity index (χ4v) is 4.15. The van der Waals surface area contributed by atoms with Gasteiger partial charge in [0.2, 0.25) is 10.0 Å². The Bertz CT molecular complexity index is 1180. The van der Waals surface area contributed by atoms with Crippen LogP contribution in [0.5, 0.6) is 11.5 Å². The molecule has 2 aromatic carbocycles. The zero-order chi connectivity index (χ0) is 20.5. The van der Waals surface area contributed by atoms with E-state index in [2.05, 4.69) is 4.72 Å². The Morgan fingerprint density at radius 3 is 2.29 bits per heavy atom. The van der Waals surface area contributed by atoms with Crippen molar-refractivity contribution < 1.29 is 17.9 Å². The summed E-state index contributed by atoms with van der Waals surface area (Å²) in [5, 5.41) is 0. The van der Waals surface area contributed by atoms with Crippen LogP contribution in [0, 0.1) is 0 Å². The van der Waals surface area contributed by atoms with E-state index in [1.807, 2.05) is 12.1 Å². The van der Waals surface area contributed by atoms with Gasteiger partial charge < -0.3 is 9.47 Å². The van der Waals surface area contributed by atoms with Gasteiger partial charge in [-0.1, -0.05) is 6.07 Å². The molecule has 0 atom stereocenters. The quantitative estimate of drug-likeness (QED) is 0.642. The van der Waals surface area contributed by atoms with Crippen LogP contribution in [-0.2, 0) is 30.5 Å². The second kappa shape index (κ2) is 7.69. The first-order chi connectivity index (χ1) is 13.3. The van der Waals surface area contributed by atoms with E-state index in [9.17, 15) is 13.2 Å². The van der Waals surface area contributed by atoms with Crippen LogP contribution in [0.4, 0.5) is 0 Å². The minimum atomic E-state index is -3.70. The number of aryl methyl sites for hydroxylation is 2. The third kappa shape index (κ3) is 3.63. The van der Waals surface area contributed by atoms with Gasteiger partial charge in [0, 0.05) is 20.6 Å². The normalized spacial score (nSPS) is 11.7. The van der Waals surface area contributed by atoms with Crippen LogP contribution in [0.25, 0.3) is 11.0 Å². The topological polar surface area (TPSA) is 91.6 Å². The fraction of sp³-hybridized carbons (Fsp3) is 0.316. The molecule has 3 aromatic rings. The zero-order valence-electron chi connectivity index (χ0n) is 16.2. The number of rotatable bonds is 7. The van der Waals surface area contributed by atoms with Crippen LogP contribution in [0.1, 0.15) is 5.56 Å². The predicted molar refractivity (Wildman–Crippen MR) is 107 cm³/mol. The number of nitrogens with one attached hydrogen (secondary N) is 1. The van der Waals surface area contributed by atoms with Crippen molar-refractivity contribution in [1.82, 2.24) is 13.9 Å². The van der Waals surface area contributed by atoms with Crippen LogP contribution < -0.4 is 19.9 Å². The number of aromatic nitrogens is 2. The van der Waals surface area contributed by atoms with Gasteiger partial charge in [-0.15, -0.1) is 0 Å². The molecule has 28 heavy (non-hydrogen) atoms. The third-order valence-corrected chi connectivity index (χ3v) is 6.17. The molecule has 1 heterocycles. The molecule has 0 aliphatic heterocycles. The van der Waals surface area contributed by atoms with Crippen LogP contribution in [-0.4, -0.2) is 38.3 Å². The van der Waals surface area contributed by atoms with Crippen molar-refractivity contribution in [2.75, 3.05) is 20.8 Å². The van der Waals surface area contributed by atoms with Crippen molar-refractivity contribution in [2.45, 2.75) is 11.3 Å². The van der Waals surface area contributed by atoms with Gasteiger partial charge in [0.25, 0.3) is 0 Å². The number of methoxy groups -OCH3 is 2. The smallest absolute Gasteiger partial charge is 0.328 e. The van der Waals surface area contributed by atoms with Crippen LogP contribution in [0.15, 0.2) is 46.1 Å². The van der Waals surface area contributed by atoms with E-state index in [4.69, 9.17) is 9.47 Å². The molecule has 3 rings (SSSR count). The molecule has 1 aromatic heterocycles. The molecule has 0 bridgehead atoms. The Morgan fingerprint density at radius 2 is 1.61 bits per heavy atom. The summed E-state index contributed by atoms with van der Waals surface area (Å²) in [6.45, 7) is 0.226. The Hall–Kier alpha value is -2.78. The largest absolute Gasteiger partial charge is 0.493 e.